The van der Waals surface area contributed by atoms with Crippen molar-refractivity contribution < 1.29 is 4.79 Å². The first-order chi connectivity index (χ1) is 9.58. The van der Waals surface area contributed by atoms with E-state index < -0.39 is 0 Å². The minimum Gasteiger partial charge on any atom is -0.398 e. The maximum absolute atomic E-state index is 12.7. The molecule has 0 bridgehead atoms. The van der Waals surface area contributed by atoms with Crippen molar-refractivity contribution in [1.29, 1.82) is 0 Å². The Morgan fingerprint density at radius 3 is 2.90 bits per heavy atom. The Morgan fingerprint density at radius 2 is 2.20 bits per heavy atom. The summed E-state index contributed by atoms with van der Waals surface area (Å²) in [6.07, 6.45) is 1.86. The molecule has 1 aliphatic rings. The van der Waals surface area contributed by atoms with E-state index in [1.807, 2.05) is 36.1 Å². The number of fused-ring (bicyclic) bond motifs is 1. The predicted molar refractivity (Wildman–Crippen MR) is 78.8 cm³/mol. The van der Waals surface area contributed by atoms with Gasteiger partial charge in [0.15, 0.2) is 0 Å². The Balaban J connectivity index is 2.03. The van der Waals surface area contributed by atoms with Crippen LogP contribution in [0.25, 0.3) is 0 Å². The molecule has 2 N–H and O–H groups in total. The van der Waals surface area contributed by atoms with Crippen LogP contribution in [0.3, 0.4) is 0 Å². The molecule has 0 saturated carbocycles. The zero-order valence-electron chi connectivity index (χ0n) is 11.8. The van der Waals surface area contributed by atoms with E-state index in [0.717, 1.165) is 42.0 Å². The van der Waals surface area contributed by atoms with Crippen LogP contribution in [-0.2, 0) is 13.5 Å². The van der Waals surface area contributed by atoms with E-state index in [1.165, 1.54) is 0 Å². The summed E-state index contributed by atoms with van der Waals surface area (Å²) in [4.78, 5) is 14.5. The molecule has 2 heterocycles. The number of anilines is 2. The summed E-state index contributed by atoms with van der Waals surface area (Å²) in [5.74, 6) is -0.0142. The Kier molecular flexibility index (Phi) is 2.97. The molecule has 104 valence electrons. The summed E-state index contributed by atoms with van der Waals surface area (Å²) in [6, 6.07) is 7.57. The molecular formula is C15H18N4O. The Bertz CT molecular complexity index is 675. The van der Waals surface area contributed by atoms with E-state index in [0.29, 0.717) is 5.69 Å². The average molecular weight is 270 g/mol. The van der Waals surface area contributed by atoms with Gasteiger partial charge in [-0.15, -0.1) is 0 Å². The van der Waals surface area contributed by atoms with Crippen LogP contribution < -0.4 is 10.6 Å². The highest BCUT2D eigenvalue weighted by Crippen LogP contribution is 2.32. The molecule has 0 radical (unpaired) electrons. The minimum absolute atomic E-state index is 0.0142. The van der Waals surface area contributed by atoms with E-state index in [4.69, 9.17) is 5.73 Å². The maximum Gasteiger partial charge on any atom is 0.276 e. The molecule has 3 rings (SSSR count). The van der Waals surface area contributed by atoms with Crippen molar-refractivity contribution in [2.24, 2.45) is 7.05 Å². The van der Waals surface area contributed by atoms with Crippen LogP contribution in [0.2, 0.25) is 0 Å². The summed E-state index contributed by atoms with van der Waals surface area (Å²) in [6.45, 7) is 2.61. The van der Waals surface area contributed by atoms with Gasteiger partial charge in [-0.2, -0.15) is 5.10 Å². The number of aromatic nitrogens is 2. The van der Waals surface area contributed by atoms with Crippen molar-refractivity contribution >= 4 is 17.3 Å². The lowest BCUT2D eigenvalue weighted by molar-refractivity contribution is 0.0976. The zero-order valence-corrected chi connectivity index (χ0v) is 11.8. The molecule has 1 aromatic carbocycles. The fourth-order valence-electron chi connectivity index (χ4n) is 2.81. The molecule has 0 atom stereocenters. The van der Waals surface area contributed by atoms with Crippen LogP contribution in [0.5, 0.6) is 0 Å². The maximum atomic E-state index is 12.7. The molecule has 1 aromatic heterocycles. The van der Waals surface area contributed by atoms with Gasteiger partial charge in [0.05, 0.1) is 5.69 Å². The number of aryl methyl sites for hydroxylation is 2. The number of nitrogens with zero attached hydrogens (tertiary/aromatic N) is 3. The number of amides is 1. The van der Waals surface area contributed by atoms with Crippen LogP contribution in [-0.4, -0.2) is 22.2 Å². The molecule has 1 amide bonds. The number of nitrogens with two attached hydrogens (primary N) is 1. The van der Waals surface area contributed by atoms with Crippen molar-refractivity contribution in [3.8, 4) is 0 Å². The molecular weight excluding hydrogens is 252 g/mol. The van der Waals surface area contributed by atoms with Crippen molar-refractivity contribution in [2.45, 2.75) is 19.8 Å². The highest BCUT2D eigenvalue weighted by atomic mass is 16.2. The van der Waals surface area contributed by atoms with Gasteiger partial charge in [-0.3, -0.25) is 9.48 Å². The van der Waals surface area contributed by atoms with Gasteiger partial charge in [0.2, 0.25) is 0 Å². The van der Waals surface area contributed by atoms with E-state index in [9.17, 15) is 4.79 Å². The van der Waals surface area contributed by atoms with Gasteiger partial charge in [-0.05, 0) is 43.5 Å². The van der Waals surface area contributed by atoms with Gasteiger partial charge in [-0.25, -0.2) is 0 Å². The average Bonchev–Trinajstić information content (AvgIpc) is 2.77. The Hall–Kier alpha value is -2.30. The van der Waals surface area contributed by atoms with Gasteiger partial charge in [-0.1, -0.05) is 6.07 Å². The van der Waals surface area contributed by atoms with E-state index in [1.54, 1.807) is 11.7 Å². The highest BCUT2D eigenvalue weighted by Gasteiger charge is 2.26. The van der Waals surface area contributed by atoms with Crippen molar-refractivity contribution in [1.82, 2.24) is 9.78 Å². The number of benzene rings is 1. The van der Waals surface area contributed by atoms with Gasteiger partial charge in [0, 0.05) is 25.0 Å². The summed E-state index contributed by atoms with van der Waals surface area (Å²) in [5.41, 5.74) is 10.2. The zero-order chi connectivity index (χ0) is 14.3. The number of rotatable bonds is 1. The van der Waals surface area contributed by atoms with Gasteiger partial charge < -0.3 is 10.6 Å². The van der Waals surface area contributed by atoms with E-state index in [2.05, 4.69) is 5.10 Å². The van der Waals surface area contributed by atoms with Crippen LogP contribution >= 0.6 is 0 Å². The van der Waals surface area contributed by atoms with Crippen molar-refractivity contribution in [3.05, 3.63) is 41.2 Å². The lowest BCUT2D eigenvalue weighted by Gasteiger charge is -2.30. The molecule has 5 nitrogen and oxygen atoms in total. The standard InChI is InChI=1S/C15H18N4O/c1-10-9-14(18(2)17-10)15(20)19-8-4-5-11-12(16)6-3-7-13(11)19/h3,6-7,9H,4-5,8,16H2,1-2H3. The number of hydrogen-bond acceptors (Lipinski definition) is 3. The van der Waals surface area contributed by atoms with Crippen LogP contribution in [0.15, 0.2) is 24.3 Å². The Morgan fingerprint density at radius 1 is 1.40 bits per heavy atom. The summed E-state index contributed by atoms with van der Waals surface area (Å²) in [7, 11) is 1.80. The van der Waals surface area contributed by atoms with Gasteiger partial charge in [0.1, 0.15) is 5.69 Å². The van der Waals surface area contributed by atoms with E-state index in [-0.39, 0.29) is 5.91 Å². The third-order valence-corrected chi connectivity index (χ3v) is 3.75. The molecule has 0 fully saturated rings. The van der Waals surface area contributed by atoms with Crippen molar-refractivity contribution in [3.63, 3.8) is 0 Å². The Labute approximate surface area is 118 Å². The number of nitrogen functional groups attached to an aromatic ring is 1. The minimum atomic E-state index is -0.0142. The molecule has 5 heteroatoms. The lowest BCUT2D eigenvalue weighted by Crippen LogP contribution is -2.36. The number of hydrogen-bond donors (Lipinski definition) is 1. The number of carbonyl (C=O) groups is 1. The quantitative estimate of drug-likeness (QED) is 0.805. The monoisotopic (exact) mass is 270 g/mol. The fraction of sp³-hybridized carbons (Fsp3) is 0.333. The first-order valence-electron chi connectivity index (χ1n) is 6.78. The number of carbonyl (C=O) groups excluding carboxylic acids is 1. The second kappa shape index (κ2) is 4.67. The SMILES string of the molecule is Cc1cc(C(=O)N2CCCc3c(N)cccc32)n(C)n1. The second-order valence-electron chi connectivity index (χ2n) is 5.20. The van der Waals surface area contributed by atoms with Crippen LogP contribution in [0, 0.1) is 6.92 Å². The molecule has 1 aliphatic heterocycles. The first-order valence-corrected chi connectivity index (χ1v) is 6.78. The summed E-state index contributed by atoms with van der Waals surface area (Å²) < 4.78 is 1.64. The van der Waals surface area contributed by atoms with Gasteiger partial charge in [0.25, 0.3) is 5.91 Å². The summed E-state index contributed by atoms with van der Waals surface area (Å²) in [5, 5.41) is 4.24. The third-order valence-electron chi connectivity index (χ3n) is 3.75. The van der Waals surface area contributed by atoms with Crippen molar-refractivity contribution in [2.75, 3.05) is 17.2 Å². The van der Waals surface area contributed by atoms with Crippen LogP contribution in [0.4, 0.5) is 11.4 Å². The topological polar surface area (TPSA) is 64.2 Å². The molecule has 0 unspecified atom stereocenters. The molecule has 0 saturated heterocycles. The molecule has 20 heavy (non-hydrogen) atoms. The normalized spacial score (nSPS) is 14.2. The summed E-state index contributed by atoms with van der Waals surface area (Å²) >= 11 is 0. The second-order valence-corrected chi connectivity index (χ2v) is 5.20. The molecule has 2 aromatic rings. The van der Waals surface area contributed by atoms with E-state index >= 15 is 0 Å². The highest BCUT2D eigenvalue weighted by molar-refractivity contribution is 6.06. The molecule has 0 aliphatic carbocycles. The largest absolute Gasteiger partial charge is 0.398 e. The van der Waals surface area contributed by atoms with Gasteiger partial charge >= 0.3 is 0 Å². The predicted octanol–water partition coefficient (Wildman–Crippen LogP) is 1.90. The lowest BCUT2D eigenvalue weighted by atomic mass is 9.99. The smallest absolute Gasteiger partial charge is 0.276 e. The first kappa shape index (κ1) is 12.7. The third kappa shape index (κ3) is 1.95. The molecule has 0 spiro atoms. The fourth-order valence-corrected chi connectivity index (χ4v) is 2.81. The van der Waals surface area contributed by atoms with Crippen LogP contribution in [0.1, 0.15) is 28.2 Å².